The van der Waals surface area contributed by atoms with Gasteiger partial charge >= 0.3 is 0 Å². The van der Waals surface area contributed by atoms with Crippen molar-refractivity contribution in [3.63, 3.8) is 0 Å². The van der Waals surface area contributed by atoms with Crippen molar-refractivity contribution >= 4 is 5.91 Å². The van der Waals surface area contributed by atoms with E-state index in [1.54, 1.807) is 23.1 Å². The van der Waals surface area contributed by atoms with Crippen molar-refractivity contribution in [2.45, 2.75) is 19.5 Å². The minimum atomic E-state index is -0.402. The lowest BCUT2D eigenvalue weighted by molar-refractivity contribution is 0.100. The molecule has 0 saturated heterocycles. The molecule has 1 amide bonds. The quantitative estimate of drug-likeness (QED) is 0.751. The van der Waals surface area contributed by atoms with E-state index in [9.17, 15) is 4.79 Å². The second-order valence-electron chi connectivity index (χ2n) is 6.08. The molecule has 6 heteroatoms. The summed E-state index contributed by atoms with van der Waals surface area (Å²) < 4.78 is 1.73. The van der Waals surface area contributed by atoms with Crippen LogP contribution in [0.3, 0.4) is 0 Å². The summed E-state index contributed by atoms with van der Waals surface area (Å²) in [6, 6.07) is 16.0. The number of carbonyl (C=O) groups is 1. The van der Waals surface area contributed by atoms with Crippen molar-refractivity contribution in [3.8, 4) is 5.69 Å². The molecule has 0 spiro atoms. The van der Waals surface area contributed by atoms with Crippen LogP contribution < -0.4 is 5.73 Å². The zero-order chi connectivity index (χ0) is 17.8. The topological polar surface area (TPSA) is 77.0 Å². The molecule has 0 aliphatic rings. The summed E-state index contributed by atoms with van der Waals surface area (Å²) in [5.41, 5.74) is 9.15. The highest BCUT2D eigenvalue weighted by molar-refractivity contribution is 5.92. The predicted molar refractivity (Wildman–Crippen MR) is 96.2 cm³/mol. The van der Waals surface area contributed by atoms with E-state index in [0.29, 0.717) is 5.56 Å². The first-order chi connectivity index (χ1) is 12.0. The summed E-state index contributed by atoms with van der Waals surface area (Å²) >= 11 is 0. The van der Waals surface area contributed by atoms with Gasteiger partial charge in [0.25, 0.3) is 0 Å². The van der Waals surface area contributed by atoms with Gasteiger partial charge in [-0.3, -0.25) is 9.69 Å². The Hall–Kier alpha value is -2.99. The third kappa shape index (κ3) is 3.92. The number of amides is 1. The van der Waals surface area contributed by atoms with Gasteiger partial charge in [0, 0.05) is 18.2 Å². The Balaban J connectivity index is 1.67. The van der Waals surface area contributed by atoms with Crippen LogP contribution in [0, 0.1) is 0 Å². The third-order valence-corrected chi connectivity index (χ3v) is 4.39. The van der Waals surface area contributed by atoms with Crippen LogP contribution in [-0.2, 0) is 6.54 Å². The number of primary amides is 1. The van der Waals surface area contributed by atoms with E-state index in [1.807, 2.05) is 24.3 Å². The van der Waals surface area contributed by atoms with Gasteiger partial charge in [0.2, 0.25) is 5.91 Å². The maximum atomic E-state index is 11.1. The Morgan fingerprint density at radius 1 is 1.16 bits per heavy atom. The maximum absolute atomic E-state index is 11.1. The number of hydrogen-bond donors (Lipinski definition) is 1. The zero-order valence-electron chi connectivity index (χ0n) is 14.3. The molecule has 0 saturated carbocycles. The van der Waals surface area contributed by atoms with E-state index in [-0.39, 0.29) is 6.04 Å². The normalized spacial score (nSPS) is 12.3. The number of carbonyl (C=O) groups excluding carboxylic acids is 1. The molecular weight excluding hydrogens is 314 g/mol. The minimum absolute atomic E-state index is 0.251. The van der Waals surface area contributed by atoms with Crippen LogP contribution in [-0.4, -0.2) is 32.6 Å². The average molecular weight is 335 g/mol. The van der Waals surface area contributed by atoms with Crippen LogP contribution in [0.25, 0.3) is 5.69 Å². The van der Waals surface area contributed by atoms with Crippen LogP contribution in [0.2, 0.25) is 0 Å². The molecule has 0 bridgehead atoms. The standard InChI is InChI=1S/C19H21N5O/c1-14(16-7-9-18(10-8-16)24-13-21-12-22-24)23(2)11-15-3-5-17(6-4-15)19(20)25/h3-10,12-14H,11H2,1-2H3,(H2,20,25). The second kappa shape index (κ2) is 7.27. The third-order valence-electron chi connectivity index (χ3n) is 4.39. The molecule has 2 N–H and O–H groups in total. The molecular formula is C19H21N5O. The van der Waals surface area contributed by atoms with E-state index in [2.05, 4.69) is 41.1 Å². The number of hydrogen-bond acceptors (Lipinski definition) is 4. The second-order valence-corrected chi connectivity index (χ2v) is 6.08. The van der Waals surface area contributed by atoms with Gasteiger partial charge in [0.1, 0.15) is 12.7 Å². The summed E-state index contributed by atoms with van der Waals surface area (Å²) in [6.07, 6.45) is 3.20. The van der Waals surface area contributed by atoms with E-state index in [0.717, 1.165) is 17.8 Å². The molecule has 0 aliphatic heterocycles. The van der Waals surface area contributed by atoms with Gasteiger partial charge in [-0.25, -0.2) is 9.67 Å². The minimum Gasteiger partial charge on any atom is -0.366 e. The first kappa shape index (κ1) is 16.9. The monoisotopic (exact) mass is 335 g/mol. The fourth-order valence-electron chi connectivity index (χ4n) is 2.70. The lowest BCUT2D eigenvalue weighted by Gasteiger charge is -2.25. The molecule has 2 aromatic carbocycles. The fourth-order valence-corrected chi connectivity index (χ4v) is 2.70. The van der Waals surface area contributed by atoms with Crippen LogP contribution in [0.4, 0.5) is 0 Å². The highest BCUT2D eigenvalue weighted by Gasteiger charge is 2.12. The van der Waals surface area contributed by atoms with E-state index < -0.39 is 5.91 Å². The lowest BCUT2D eigenvalue weighted by Crippen LogP contribution is -2.22. The average Bonchev–Trinajstić information content (AvgIpc) is 3.16. The molecule has 25 heavy (non-hydrogen) atoms. The van der Waals surface area contributed by atoms with Crippen LogP contribution in [0.5, 0.6) is 0 Å². The van der Waals surface area contributed by atoms with Gasteiger partial charge in [0.15, 0.2) is 0 Å². The van der Waals surface area contributed by atoms with Crippen molar-refractivity contribution in [3.05, 3.63) is 77.9 Å². The van der Waals surface area contributed by atoms with Gasteiger partial charge in [-0.15, -0.1) is 0 Å². The highest BCUT2D eigenvalue weighted by Crippen LogP contribution is 2.22. The summed E-state index contributed by atoms with van der Waals surface area (Å²) in [6.45, 7) is 2.95. The Bertz CT molecular complexity index is 825. The van der Waals surface area contributed by atoms with Crippen molar-refractivity contribution in [1.29, 1.82) is 0 Å². The van der Waals surface area contributed by atoms with Gasteiger partial charge in [0.05, 0.1) is 5.69 Å². The first-order valence-electron chi connectivity index (χ1n) is 8.08. The maximum Gasteiger partial charge on any atom is 0.248 e. The first-order valence-corrected chi connectivity index (χ1v) is 8.08. The molecule has 0 fully saturated rings. The number of aromatic nitrogens is 3. The van der Waals surface area contributed by atoms with Crippen LogP contribution in [0.1, 0.15) is 34.5 Å². The Labute approximate surface area is 146 Å². The largest absolute Gasteiger partial charge is 0.366 e. The summed E-state index contributed by atoms with van der Waals surface area (Å²) in [5, 5.41) is 4.13. The van der Waals surface area contributed by atoms with Crippen molar-refractivity contribution < 1.29 is 4.79 Å². The molecule has 0 radical (unpaired) electrons. The van der Waals surface area contributed by atoms with E-state index in [4.69, 9.17) is 5.73 Å². The number of rotatable bonds is 6. The fraction of sp³-hybridized carbons (Fsp3) is 0.211. The number of benzene rings is 2. The summed E-state index contributed by atoms with van der Waals surface area (Å²) in [5.74, 6) is -0.402. The molecule has 1 unspecified atom stereocenters. The van der Waals surface area contributed by atoms with Gasteiger partial charge < -0.3 is 5.73 Å². The van der Waals surface area contributed by atoms with E-state index >= 15 is 0 Å². The predicted octanol–water partition coefficient (Wildman–Crippen LogP) is 2.56. The molecule has 3 aromatic rings. The number of nitrogens with zero attached hydrogens (tertiary/aromatic N) is 4. The zero-order valence-corrected chi connectivity index (χ0v) is 14.3. The van der Waals surface area contributed by atoms with Crippen molar-refractivity contribution in [2.24, 2.45) is 5.73 Å². The smallest absolute Gasteiger partial charge is 0.248 e. The van der Waals surface area contributed by atoms with Crippen molar-refractivity contribution in [2.75, 3.05) is 7.05 Å². The van der Waals surface area contributed by atoms with Gasteiger partial charge in [-0.05, 0) is 49.4 Å². The Morgan fingerprint density at radius 3 is 2.40 bits per heavy atom. The Morgan fingerprint density at radius 2 is 1.84 bits per heavy atom. The summed E-state index contributed by atoms with van der Waals surface area (Å²) in [7, 11) is 2.08. The van der Waals surface area contributed by atoms with E-state index in [1.165, 1.54) is 11.9 Å². The number of nitrogens with two attached hydrogens (primary N) is 1. The molecule has 1 atom stereocenters. The molecule has 1 heterocycles. The molecule has 1 aromatic heterocycles. The van der Waals surface area contributed by atoms with Crippen LogP contribution >= 0.6 is 0 Å². The molecule has 0 aliphatic carbocycles. The molecule has 6 nitrogen and oxygen atoms in total. The Kier molecular flexibility index (Phi) is 4.90. The van der Waals surface area contributed by atoms with Crippen LogP contribution in [0.15, 0.2) is 61.2 Å². The van der Waals surface area contributed by atoms with Crippen molar-refractivity contribution in [1.82, 2.24) is 19.7 Å². The SMILES string of the molecule is CC(c1ccc(-n2cncn2)cc1)N(C)Cc1ccc(C(N)=O)cc1. The van der Waals surface area contributed by atoms with Gasteiger partial charge in [-0.2, -0.15) is 5.10 Å². The molecule has 3 rings (SSSR count). The summed E-state index contributed by atoms with van der Waals surface area (Å²) in [4.78, 5) is 17.4. The lowest BCUT2D eigenvalue weighted by atomic mass is 10.1. The molecule has 128 valence electrons. The van der Waals surface area contributed by atoms with Gasteiger partial charge in [-0.1, -0.05) is 24.3 Å². The highest BCUT2D eigenvalue weighted by atomic mass is 16.1.